The van der Waals surface area contributed by atoms with E-state index < -0.39 is 0 Å². The maximum absolute atomic E-state index is 13.0. The van der Waals surface area contributed by atoms with E-state index in [0.717, 1.165) is 35.4 Å². The maximum Gasteiger partial charge on any atom is 0.289 e. The molecule has 2 atom stereocenters. The second-order valence-corrected chi connectivity index (χ2v) is 7.36. The van der Waals surface area contributed by atoms with Gasteiger partial charge in [0.15, 0.2) is 5.76 Å². The van der Waals surface area contributed by atoms with Crippen LogP contribution in [0.4, 0.5) is 0 Å². The van der Waals surface area contributed by atoms with Gasteiger partial charge in [0.1, 0.15) is 5.58 Å². The van der Waals surface area contributed by atoms with Crippen LogP contribution in [0.15, 0.2) is 28.7 Å². The number of para-hydroxylation sites is 1. The summed E-state index contributed by atoms with van der Waals surface area (Å²) in [6.07, 6.45) is 3.25. The normalized spacial score (nSPS) is 22.2. The first-order valence-electron chi connectivity index (χ1n) is 7.88. The number of furan rings is 1. The summed E-state index contributed by atoms with van der Waals surface area (Å²) in [5.74, 6) is 2.51. The molecule has 0 spiro atoms. The van der Waals surface area contributed by atoms with E-state index in [-0.39, 0.29) is 5.91 Å². The Labute approximate surface area is 136 Å². The van der Waals surface area contributed by atoms with Crippen LogP contribution in [0.2, 0.25) is 0 Å². The average Bonchev–Trinajstić information content (AvgIpc) is 2.85. The van der Waals surface area contributed by atoms with Gasteiger partial charge in [-0.1, -0.05) is 32.0 Å². The third-order valence-corrected chi connectivity index (χ3v) is 4.91. The third-order valence-electron chi connectivity index (χ3n) is 4.34. The van der Waals surface area contributed by atoms with Crippen LogP contribution in [0.25, 0.3) is 11.0 Å². The molecule has 3 nitrogen and oxygen atoms in total. The SMILES string of the molecule is CSCc1c(C(=O)N2C[C@H](C)C[C@H](C)C2)oc2ccccc12. The summed E-state index contributed by atoms with van der Waals surface area (Å²) in [5, 5.41) is 1.07. The minimum absolute atomic E-state index is 0.0543. The fourth-order valence-electron chi connectivity index (χ4n) is 3.53. The molecule has 1 fully saturated rings. The zero-order chi connectivity index (χ0) is 15.7. The monoisotopic (exact) mass is 317 g/mol. The van der Waals surface area contributed by atoms with Crippen molar-refractivity contribution in [2.45, 2.75) is 26.0 Å². The smallest absolute Gasteiger partial charge is 0.289 e. The lowest BCUT2D eigenvalue weighted by molar-refractivity contribution is 0.0592. The molecular formula is C18H23NO2S. The molecule has 3 rings (SSSR count). The zero-order valence-corrected chi connectivity index (χ0v) is 14.3. The number of carbonyl (C=O) groups excluding carboxylic acids is 1. The summed E-state index contributed by atoms with van der Waals surface area (Å²) in [6, 6.07) is 7.94. The number of amides is 1. The van der Waals surface area contributed by atoms with E-state index in [1.807, 2.05) is 29.2 Å². The molecule has 0 bridgehead atoms. The second-order valence-electron chi connectivity index (χ2n) is 6.50. The predicted octanol–water partition coefficient (Wildman–Crippen LogP) is 4.41. The first-order chi connectivity index (χ1) is 10.6. The van der Waals surface area contributed by atoms with E-state index in [4.69, 9.17) is 4.42 Å². The van der Waals surface area contributed by atoms with Crippen LogP contribution >= 0.6 is 11.8 Å². The predicted molar refractivity (Wildman–Crippen MR) is 92.3 cm³/mol. The molecular weight excluding hydrogens is 294 g/mol. The number of rotatable bonds is 3. The Kier molecular flexibility index (Phi) is 4.48. The number of nitrogens with zero attached hydrogens (tertiary/aromatic N) is 1. The quantitative estimate of drug-likeness (QED) is 0.840. The van der Waals surface area contributed by atoms with E-state index in [1.165, 1.54) is 6.42 Å². The van der Waals surface area contributed by atoms with Crippen molar-refractivity contribution in [1.29, 1.82) is 0 Å². The highest BCUT2D eigenvalue weighted by molar-refractivity contribution is 7.97. The van der Waals surface area contributed by atoms with Gasteiger partial charge in [-0.25, -0.2) is 0 Å². The van der Waals surface area contributed by atoms with E-state index in [9.17, 15) is 4.79 Å². The standard InChI is InChI=1S/C18H23NO2S/c1-12-8-13(2)10-19(9-12)18(20)17-15(11-22-3)14-6-4-5-7-16(14)21-17/h4-7,12-13H,8-11H2,1-3H3/t12-,13+. The van der Waals surface area contributed by atoms with E-state index in [2.05, 4.69) is 20.1 Å². The Bertz CT molecular complexity index is 669. The van der Waals surface area contributed by atoms with Crippen molar-refractivity contribution >= 4 is 28.6 Å². The second kappa shape index (κ2) is 6.37. The van der Waals surface area contributed by atoms with Gasteiger partial charge >= 0.3 is 0 Å². The number of hydrogen-bond acceptors (Lipinski definition) is 3. The van der Waals surface area contributed by atoms with E-state index in [0.29, 0.717) is 17.6 Å². The van der Waals surface area contributed by atoms with Gasteiger partial charge in [0.05, 0.1) is 0 Å². The molecule has 0 unspecified atom stereocenters. The number of hydrogen-bond donors (Lipinski definition) is 0. The summed E-state index contributed by atoms with van der Waals surface area (Å²) in [7, 11) is 0. The molecule has 0 saturated carbocycles. The molecule has 1 aliphatic heterocycles. The minimum Gasteiger partial charge on any atom is -0.451 e. The average molecular weight is 317 g/mol. The highest BCUT2D eigenvalue weighted by Gasteiger charge is 2.30. The topological polar surface area (TPSA) is 33.5 Å². The van der Waals surface area contributed by atoms with Crippen LogP contribution < -0.4 is 0 Å². The number of piperidine rings is 1. The lowest BCUT2D eigenvalue weighted by Gasteiger charge is -2.34. The molecule has 2 heterocycles. The molecule has 118 valence electrons. The first-order valence-corrected chi connectivity index (χ1v) is 9.28. The van der Waals surface area contributed by atoms with E-state index in [1.54, 1.807) is 11.8 Å². The highest BCUT2D eigenvalue weighted by Crippen LogP contribution is 2.31. The fraction of sp³-hybridized carbons (Fsp3) is 0.500. The largest absolute Gasteiger partial charge is 0.451 e. The van der Waals surface area contributed by atoms with Crippen LogP contribution in [0.3, 0.4) is 0 Å². The number of likely N-dealkylation sites (tertiary alicyclic amines) is 1. The van der Waals surface area contributed by atoms with Crippen molar-refractivity contribution in [2.75, 3.05) is 19.3 Å². The highest BCUT2D eigenvalue weighted by atomic mass is 32.2. The van der Waals surface area contributed by atoms with Crippen molar-refractivity contribution < 1.29 is 9.21 Å². The molecule has 0 aliphatic carbocycles. The van der Waals surface area contributed by atoms with Gasteiger partial charge in [0.25, 0.3) is 5.91 Å². The van der Waals surface area contributed by atoms with Gasteiger partial charge in [-0.3, -0.25) is 4.79 Å². The third kappa shape index (κ3) is 2.89. The Morgan fingerprint density at radius 3 is 2.64 bits per heavy atom. The molecule has 1 amide bonds. The van der Waals surface area contributed by atoms with Crippen LogP contribution in [0.5, 0.6) is 0 Å². The molecule has 1 saturated heterocycles. The molecule has 0 N–H and O–H groups in total. The molecule has 4 heteroatoms. The van der Waals surface area contributed by atoms with Crippen LogP contribution in [-0.2, 0) is 5.75 Å². The van der Waals surface area contributed by atoms with Crippen molar-refractivity contribution in [3.05, 3.63) is 35.6 Å². The molecule has 1 aromatic heterocycles. The fourth-order valence-corrected chi connectivity index (χ4v) is 4.11. The summed E-state index contributed by atoms with van der Waals surface area (Å²) in [6.45, 7) is 6.10. The van der Waals surface area contributed by atoms with Gasteiger partial charge in [-0.2, -0.15) is 11.8 Å². The number of fused-ring (bicyclic) bond motifs is 1. The lowest BCUT2D eigenvalue weighted by Crippen LogP contribution is -2.42. The molecule has 1 aromatic carbocycles. The Balaban J connectivity index is 1.97. The Hall–Kier alpha value is -1.42. The summed E-state index contributed by atoms with van der Waals surface area (Å²) in [4.78, 5) is 15.0. The van der Waals surface area contributed by atoms with Crippen LogP contribution in [-0.4, -0.2) is 30.2 Å². The maximum atomic E-state index is 13.0. The lowest BCUT2D eigenvalue weighted by atomic mass is 9.91. The number of carbonyl (C=O) groups is 1. The minimum atomic E-state index is 0.0543. The number of benzene rings is 1. The van der Waals surface area contributed by atoms with Gasteiger partial charge in [-0.05, 0) is 30.6 Å². The first kappa shape index (κ1) is 15.5. The van der Waals surface area contributed by atoms with Gasteiger partial charge in [0, 0.05) is 29.8 Å². The number of thioether (sulfide) groups is 1. The van der Waals surface area contributed by atoms with Gasteiger partial charge in [0.2, 0.25) is 0 Å². The Morgan fingerprint density at radius 1 is 1.27 bits per heavy atom. The van der Waals surface area contributed by atoms with Crippen molar-refractivity contribution in [2.24, 2.45) is 11.8 Å². The molecule has 1 aliphatic rings. The molecule has 0 radical (unpaired) electrons. The van der Waals surface area contributed by atoms with Crippen molar-refractivity contribution in [3.8, 4) is 0 Å². The summed E-state index contributed by atoms with van der Waals surface area (Å²) in [5.41, 5.74) is 1.85. The van der Waals surface area contributed by atoms with Gasteiger partial charge in [-0.15, -0.1) is 0 Å². The van der Waals surface area contributed by atoms with Crippen LogP contribution in [0, 0.1) is 11.8 Å². The molecule has 22 heavy (non-hydrogen) atoms. The van der Waals surface area contributed by atoms with Gasteiger partial charge < -0.3 is 9.32 Å². The van der Waals surface area contributed by atoms with Crippen molar-refractivity contribution in [3.63, 3.8) is 0 Å². The van der Waals surface area contributed by atoms with Crippen LogP contribution in [0.1, 0.15) is 36.4 Å². The Morgan fingerprint density at radius 2 is 1.95 bits per heavy atom. The van der Waals surface area contributed by atoms with E-state index >= 15 is 0 Å². The molecule has 2 aromatic rings. The van der Waals surface area contributed by atoms with Crippen molar-refractivity contribution in [1.82, 2.24) is 4.90 Å². The summed E-state index contributed by atoms with van der Waals surface area (Å²) < 4.78 is 5.93. The summed E-state index contributed by atoms with van der Waals surface area (Å²) >= 11 is 1.72. The zero-order valence-electron chi connectivity index (χ0n) is 13.5.